The number of rotatable bonds is 5. The number of carbonyl (C=O) groups excluding carboxylic acids is 1. The smallest absolute Gasteiger partial charge is 0.349 e. The number of carbonyl (C=O) groups is 1. The summed E-state index contributed by atoms with van der Waals surface area (Å²) in [6.07, 6.45) is 6.82. The second-order valence-electron chi connectivity index (χ2n) is 8.51. The topological polar surface area (TPSA) is 49.8 Å². The number of piperidine rings is 2. The maximum absolute atomic E-state index is 13.5. The summed E-state index contributed by atoms with van der Waals surface area (Å²) < 4.78 is 5.99. The van der Waals surface area contributed by atoms with Crippen LogP contribution in [0, 0.1) is 6.92 Å². The maximum atomic E-state index is 13.5. The lowest BCUT2D eigenvalue weighted by Gasteiger charge is -2.48. The molecule has 0 spiro atoms. The lowest BCUT2D eigenvalue weighted by molar-refractivity contribution is -0.185. The van der Waals surface area contributed by atoms with Crippen LogP contribution in [0.5, 0.6) is 0 Å². The van der Waals surface area contributed by atoms with E-state index in [1.54, 1.807) is 12.1 Å². The molecule has 2 unspecified atom stereocenters. The Bertz CT molecular complexity index is 830. The van der Waals surface area contributed by atoms with Gasteiger partial charge in [0.2, 0.25) is 5.60 Å². The molecule has 0 amide bonds. The minimum atomic E-state index is -1.83. The van der Waals surface area contributed by atoms with Crippen molar-refractivity contribution in [2.75, 3.05) is 0 Å². The number of ether oxygens (including phenoxy) is 1. The molecule has 2 aromatic rings. The third-order valence-corrected chi connectivity index (χ3v) is 6.71. The van der Waals surface area contributed by atoms with E-state index in [4.69, 9.17) is 4.74 Å². The predicted octanol–water partition coefficient (Wildman–Crippen LogP) is 4.53. The highest BCUT2D eigenvalue weighted by Crippen LogP contribution is 2.37. The van der Waals surface area contributed by atoms with Crippen LogP contribution >= 0.6 is 0 Å². The quantitative estimate of drug-likeness (QED) is 0.759. The van der Waals surface area contributed by atoms with Crippen molar-refractivity contribution in [2.24, 2.45) is 0 Å². The monoisotopic (exact) mass is 393 g/mol. The Morgan fingerprint density at radius 3 is 2.14 bits per heavy atom. The van der Waals surface area contributed by atoms with Crippen LogP contribution in [0.25, 0.3) is 0 Å². The Morgan fingerprint density at radius 2 is 1.55 bits per heavy atom. The predicted molar refractivity (Wildman–Crippen MR) is 113 cm³/mol. The minimum absolute atomic E-state index is 0.350. The number of aryl methyl sites for hydroxylation is 1. The maximum Gasteiger partial charge on any atom is 0.349 e. The lowest BCUT2D eigenvalue weighted by atomic mass is 9.83. The number of esters is 1. The van der Waals surface area contributed by atoms with Gasteiger partial charge in [-0.15, -0.1) is 0 Å². The molecular weight excluding hydrogens is 362 g/mol. The number of hydrogen-bond donors (Lipinski definition) is 1. The molecule has 0 aliphatic carbocycles. The fourth-order valence-corrected chi connectivity index (χ4v) is 5.30. The van der Waals surface area contributed by atoms with Gasteiger partial charge < -0.3 is 9.84 Å². The highest BCUT2D eigenvalue weighted by Gasteiger charge is 2.45. The van der Waals surface area contributed by atoms with Crippen LogP contribution < -0.4 is 0 Å². The Morgan fingerprint density at radius 1 is 1.00 bits per heavy atom. The largest absolute Gasteiger partial charge is 0.444 e. The minimum Gasteiger partial charge on any atom is -0.444 e. The van der Waals surface area contributed by atoms with Gasteiger partial charge in [0.25, 0.3) is 0 Å². The van der Waals surface area contributed by atoms with E-state index in [1.165, 1.54) is 38.5 Å². The molecule has 0 saturated carbocycles. The summed E-state index contributed by atoms with van der Waals surface area (Å²) in [5, 5.41) is 11.8. The molecule has 154 valence electrons. The fraction of sp³-hybridized carbons (Fsp3) is 0.480. The number of nitrogens with zero attached hydrogens (tertiary/aromatic N) is 1. The number of benzene rings is 2. The average Bonchev–Trinajstić information content (AvgIpc) is 2.73. The van der Waals surface area contributed by atoms with Crippen molar-refractivity contribution < 1.29 is 14.6 Å². The van der Waals surface area contributed by atoms with E-state index >= 15 is 0 Å². The zero-order chi connectivity index (χ0) is 20.4. The SMILES string of the molecule is Cc1ccccc1C(O)(C(=O)OC(C)N1C2CCCC1CCC2)c1ccccc1. The molecule has 0 radical (unpaired) electrons. The second kappa shape index (κ2) is 8.29. The zero-order valence-corrected chi connectivity index (χ0v) is 17.4. The van der Waals surface area contributed by atoms with Crippen LogP contribution in [0.1, 0.15) is 62.1 Å². The molecule has 2 aliphatic heterocycles. The van der Waals surface area contributed by atoms with Crippen molar-refractivity contribution in [3.05, 3.63) is 71.3 Å². The van der Waals surface area contributed by atoms with Gasteiger partial charge in [0.15, 0.2) is 6.23 Å². The highest BCUT2D eigenvalue weighted by atomic mass is 16.6. The first-order chi connectivity index (χ1) is 14.0. The second-order valence-corrected chi connectivity index (χ2v) is 8.51. The summed E-state index contributed by atoms with van der Waals surface area (Å²) >= 11 is 0. The number of aliphatic hydroxyl groups is 1. The molecule has 2 aliphatic rings. The van der Waals surface area contributed by atoms with Crippen LogP contribution in [0.4, 0.5) is 0 Å². The molecule has 2 heterocycles. The van der Waals surface area contributed by atoms with E-state index < -0.39 is 11.6 Å². The number of fused-ring (bicyclic) bond motifs is 2. The van der Waals surface area contributed by atoms with Crippen molar-refractivity contribution >= 4 is 5.97 Å². The van der Waals surface area contributed by atoms with Crippen molar-refractivity contribution in [1.29, 1.82) is 0 Å². The van der Waals surface area contributed by atoms with E-state index in [-0.39, 0.29) is 6.23 Å². The Balaban J connectivity index is 1.65. The van der Waals surface area contributed by atoms with Gasteiger partial charge in [0, 0.05) is 17.6 Å². The molecule has 2 fully saturated rings. The molecular formula is C25H31NO3. The molecule has 2 aromatic carbocycles. The third-order valence-electron chi connectivity index (χ3n) is 6.71. The van der Waals surface area contributed by atoms with Crippen LogP contribution in [-0.4, -0.2) is 34.3 Å². The van der Waals surface area contributed by atoms with Gasteiger partial charge in [0.1, 0.15) is 0 Å². The van der Waals surface area contributed by atoms with Crippen molar-refractivity contribution in [1.82, 2.24) is 4.90 Å². The van der Waals surface area contributed by atoms with Crippen molar-refractivity contribution in [2.45, 2.75) is 76.3 Å². The summed E-state index contributed by atoms with van der Waals surface area (Å²) in [7, 11) is 0. The molecule has 29 heavy (non-hydrogen) atoms. The Labute approximate surface area is 173 Å². The zero-order valence-electron chi connectivity index (χ0n) is 17.4. The standard InChI is InChI=1S/C25H31NO3/c1-18-10-6-7-17-23(18)25(28,20-11-4-3-5-12-20)24(27)29-19(2)26-21-13-8-14-22(26)16-9-15-21/h3-7,10-12,17,19,21-22,28H,8-9,13-16H2,1-2H3. The van der Waals surface area contributed by atoms with Gasteiger partial charge in [-0.2, -0.15) is 0 Å². The van der Waals surface area contributed by atoms with E-state index in [1.807, 2.05) is 56.3 Å². The first kappa shape index (κ1) is 20.1. The molecule has 1 N–H and O–H groups in total. The Hall–Kier alpha value is -2.17. The van der Waals surface area contributed by atoms with Crippen LogP contribution in [0.15, 0.2) is 54.6 Å². The van der Waals surface area contributed by atoms with E-state index in [9.17, 15) is 9.90 Å². The van der Waals surface area contributed by atoms with Gasteiger partial charge in [-0.3, -0.25) is 4.90 Å². The molecule has 2 bridgehead atoms. The summed E-state index contributed by atoms with van der Waals surface area (Å²) in [4.78, 5) is 15.9. The molecule has 4 nitrogen and oxygen atoms in total. The van der Waals surface area contributed by atoms with E-state index in [0.29, 0.717) is 23.2 Å². The third kappa shape index (κ3) is 3.72. The number of hydrogen-bond acceptors (Lipinski definition) is 4. The molecule has 4 rings (SSSR count). The fourth-order valence-electron chi connectivity index (χ4n) is 5.30. The van der Waals surface area contributed by atoms with Gasteiger partial charge in [0.05, 0.1) is 0 Å². The van der Waals surface area contributed by atoms with E-state index in [2.05, 4.69) is 4.90 Å². The molecule has 2 saturated heterocycles. The Kier molecular flexibility index (Phi) is 5.75. The summed E-state index contributed by atoms with van der Waals surface area (Å²) in [6.45, 7) is 3.87. The van der Waals surface area contributed by atoms with Crippen LogP contribution in [0.3, 0.4) is 0 Å². The molecule has 0 aromatic heterocycles. The summed E-state index contributed by atoms with van der Waals surface area (Å²) in [6, 6.07) is 17.6. The molecule has 4 heteroatoms. The van der Waals surface area contributed by atoms with E-state index in [0.717, 1.165) is 5.56 Å². The first-order valence-corrected chi connectivity index (χ1v) is 10.8. The summed E-state index contributed by atoms with van der Waals surface area (Å²) in [5.41, 5.74) is 0.136. The summed E-state index contributed by atoms with van der Waals surface area (Å²) in [5.74, 6) is -0.603. The van der Waals surface area contributed by atoms with Crippen molar-refractivity contribution in [3.8, 4) is 0 Å². The van der Waals surface area contributed by atoms with Gasteiger partial charge in [-0.25, -0.2) is 4.79 Å². The van der Waals surface area contributed by atoms with Gasteiger partial charge >= 0.3 is 5.97 Å². The average molecular weight is 394 g/mol. The van der Waals surface area contributed by atoms with Crippen LogP contribution in [0.2, 0.25) is 0 Å². The van der Waals surface area contributed by atoms with Gasteiger partial charge in [-0.05, 0) is 50.7 Å². The van der Waals surface area contributed by atoms with Crippen molar-refractivity contribution in [3.63, 3.8) is 0 Å². The lowest BCUT2D eigenvalue weighted by Crippen LogP contribution is -2.56. The van der Waals surface area contributed by atoms with Gasteiger partial charge in [-0.1, -0.05) is 67.4 Å². The molecule has 2 atom stereocenters. The highest BCUT2D eigenvalue weighted by molar-refractivity contribution is 5.86. The normalized spacial score (nSPS) is 25.1. The first-order valence-electron chi connectivity index (χ1n) is 10.8. The van der Waals surface area contributed by atoms with Crippen LogP contribution in [-0.2, 0) is 15.1 Å².